The van der Waals surface area contributed by atoms with Gasteiger partial charge in [0, 0.05) is 31.2 Å². The van der Waals surface area contributed by atoms with Crippen molar-refractivity contribution in [3.8, 4) is 5.82 Å². The first-order valence-corrected chi connectivity index (χ1v) is 9.72. The molecule has 1 fully saturated rings. The standard InChI is InChI=1S/C21H22N6O3/c1-30-21(29)15-5-7-17(8-6-15)23-20(28)16-4-2-12-26(14-16)18-9-10-19(25-24-18)27-13-3-11-22-27/h3,5-11,13,16H,2,4,12,14H2,1H3,(H,23,28). The van der Waals surface area contributed by atoms with Crippen molar-refractivity contribution in [2.75, 3.05) is 30.4 Å². The third kappa shape index (κ3) is 4.29. The molecule has 1 amide bonds. The molecule has 3 aromatic rings. The highest BCUT2D eigenvalue weighted by atomic mass is 16.5. The maximum atomic E-state index is 12.8. The van der Waals surface area contributed by atoms with Gasteiger partial charge in [0.25, 0.3) is 0 Å². The van der Waals surface area contributed by atoms with Crippen molar-refractivity contribution in [3.05, 3.63) is 60.4 Å². The number of rotatable bonds is 5. The molecule has 1 aliphatic rings. The highest BCUT2D eigenvalue weighted by Crippen LogP contribution is 2.23. The Bertz CT molecular complexity index is 1000. The Hall–Kier alpha value is -3.75. The van der Waals surface area contributed by atoms with Gasteiger partial charge in [-0.3, -0.25) is 4.79 Å². The van der Waals surface area contributed by atoms with Crippen molar-refractivity contribution >= 4 is 23.4 Å². The molecule has 0 spiro atoms. The van der Waals surface area contributed by atoms with Crippen molar-refractivity contribution in [2.45, 2.75) is 12.8 Å². The van der Waals surface area contributed by atoms with Crippen molar-refractivity contribution in [3.63, 3.8) is 0 Å². The molecule has 1 N–H and O–H groups in total. The van der Waals surface area contributed by atoms with E-state index in [-0.39, 0.29) is 11.8 Å². The Morgan fingerprint density at radius 2 is 1.87 bits per heavy atom. The minimum atomic E-state index is -0.407. The van der Waals surface area contributed by atoms with Gasteiger partial charge in [-0.2, -0.15) is 5.10 Å². The molecule has 1 atom stereocenters. The second-order valence-corrected chi connectivity index (χ2v) is 7.04. The van der Waals surface area contributed by atoms with E-state index in [0.717, 1.165) is 25.2 Å². The quantitative estimate of drug-likeness (QED) is 0.649. The lowest BCUT2D eigenvalue weighted by Gasteiger charge is -2.32. The zero-order chi connectivity index (χ0) is 20.9. The van der Waals surface area contributed by atoms with E-state index >= 15 is 0 Å². The summed E-state index contributed by atoms with van der Waals surface area (Å²) in [6.45, 7) is 1.40. The van der Waals surface area contributed by atoms with Crippen LogP contribution in [0, 0.1) is 5.92 Å². The van der Waals surface area contributed by atoms with Crippen LogP contribution >= 0.6 is 0 Å². The fraction of sp³-hybridized carbons (Fsp3) is 0.286. The lowest BCUT2D eigenvalue weighted by molar-refractivity contribution is -0.120. The van der Waals surface area contributed by atoms with E-state index in [0.29, 0.717) is 23.6 Å². The first-order chi connectivity index (χ1) is 14.6. The number of benzene rings is 1. The molecule has 1 aliphatic heterocycles. The fourth-order valence-corrected chi connectivity index (χ4v) is 3.46. The van der Waals surface area contributed by atoms with Crippen LogP contribution in [0.15, 0.2) is 54.9 Å². The van der Waals surface area contributed by atoms with Gasteiger partial charge in [-0.1, -0.05) is 0 Å². The van der Waals surface area contributed by atoms with E-state index in [1.54, 1.807) is 35.1 Å². The van der Waals surface area contributed by atoms with Crippen molar-refractivity contribution in [1.29, 1.82) is 0 Å². The first-order valence-electron chi connectivity index (χ1n) is 9.72. The molecule has 0 bridgehead atoms. The number of aromatic nitrogens is 4. The molecule has 1 aromatic carbocycles. The number of ether oxygens (including phenoxy) is 1. The summed E-state index contributed by atoms with van der Waals surface area (Å²) in [6.07, 6.45) is 5.19. The van der Waals surface area contributed by atoms with Crippen LogP contribution in [0.1, 0.15) is 23.2 Å². The monoisotopic (exact) mass is 406 g/mol. The van der Waals surface area contributed by atoms with Gasteiger partial charge in [0.15, 0.2) is 11.6 Å². The lowest BCUT2D eigenvalue weighted by atomic mass is 9.97. The number of hydrogen-bond acceptors (Lipinski definition) is 7. The Balaban J connectivity index is 1.38. The second kappa shape index (κ2) is 8.73. The number of carbonyl (C=O) groups excluding carboxylic acids is 2. The zero-order valence-corrected chi connectivity index (χ0v) is 16.6. The van der Waals surface area contributed by atoms with Gasteiger partial charge >= 0.3 is 5.97 Å². The van der Waals surface area contributed by atoms with Crippen LogP contribution in [0.2, 0.25) is 0 Å². The van der Waals surface area contributed by atoms with Gasteiger partial charge in [-0.25, -0.2) is 9.48 Å². The molecule has 0 radical (unpaired) electrons. The molecule has 4 rings (SSSR count). The molecule has 9 nitrogen and oxygen atoms in total. The van der Waals surface area contributed by atoms with Crippen LogP contribution in [0.25, 0.3) is 5.82 Å². The number of carbonyl (C=O) groups is 2. The van der Waals surface area contributed by atoms with Crippen LogP contribution in [-0.4, -0.2) is 52.1 Å². The van der Waals surface area contributed by atoms with Gasteiger partial charge in [0.2, 0.25) is 5.91 Å². The topological polar surface area (TPSA) is 102 Å². The summed E-state index contributed by atoms with van der Waals surface area (Å²) in [7, 11) is 1.34. The van der Waals surface area contributed by atoms with Crippen LogP contribution in [0.5, 0.6) is 0 Å². The van der Waals surface area contributed by atoms with Gasteiger partial charge in [0.1, 0.15) is 0 Å². The van der Waals surface area contributed by atoms with Crippen LogP contribution in [-0.2, 0) is 9.53 Å². The van der Waals surface area contributed by atoms with Gasteiger partial charge in [-0.15, -0.1) is 10.2 Å². The van der Waals surface area contributed by atoms with Crippen molar-refractivity contribution in [2.24, 2.45) is 5.92 Å². The predicted molar refractivity (Wildman–Crippen MR) is 111 cm³/mol. The highest BCUT2D eigenvalue weighted by Gasteiger charge is 2.27. The average Bonchev–Trinajstić information content (AvgIpc) is 3.34. The largest absolute Gasteiger partial charge is 0.465 e. The lowest BCUT2D eigenvalue weighted by Crippen LogP contribution is -2.41. The Morgan fingerprint density at radius 1 is 1.10 bits per heavy atom. The Labute approximate surface area is 173 Å². The van der Waals surface area contributed by atoms with Crippen LogP contribution in [0.3, 0.4) is 0 Å². The smallest absolute Gasteiger partial charge is 0.337 e. The number of nitrogens with zero attached hydrogens (tertiary/aromatic N) is 5. The first kappa shape index (κ1) is 19.6. The average molecular weight is 406 g/mol. The highest BCUT2D eigenvalue weighted by molar-refractivity contribution is 5.94. The maximum absolute atomic E-state index is 12.8. The second-order valence-electron chi connectivity index (χ2n) is 7.04. The molecule has 2 aromatic heterocycles. The Kier molecular flexibility index (Phi) is 5.69. The van der Waals surface area contributed by atoms with Crippen LogP contribution < -0.4 is 10.2 Å². The van der Waals surface area contributed by atoms with Crippen LogP contribution in [0.4, 0.5) is 11.5 Å². The van der Waals surface area contributed by atoms with E-state index in [1.807, 2.05) is 24.4 Å². The number of methoxy groups -OCH3 is 1. The number of piperidine rings is 1. The summed E-state index contributed by atoms with van der Waals surface area (Å²) >= 11 is 0. The number of nitrogens with one attached hydrogen (secondary N) is 1. The number of anilines is 2. The summed E-state index contributed by atoms with van der Waals surface area (Å²) < 4.78 is 6.33. The van der Waals surface area contributed by atoms with Crippen molar-refractivity contribution < 1.29 is 14.3 Å². The van der Waals surface area contributed by atoms with Crippen molar-refractivity contribution in [1.82, 2.24) is 20.0 Å². The van der Waals surface area contributed by atoms with E-state index in [9.17, 15) is 9.59 Å². The summed E-state index contributed by atoms with van der Waals surface area (Å²) in [5.74, 6) is 0.769. The molecule has 1 unspecified atom stereocenters. The fourth-order valence-electron chi connectivity index (χ4n) is 3.46. The number of esters is 1. The molecule has 154 valence electrons. The normalized spacial score (nSPS) is 16.2. The molecule has 9 heteroatoms. The Morgan fingerprint density at radius 3 is 2.53 bits per heavy atom. The molecule has 0 saturated carbocycles. The number of amides is 1. The van der Waals surface area contributed by atoms with E-state index in [1.165, 1.54) is 7.11 Å². The van der Waals surface area contributed by atoms with E-state index in [2.05, 4.69) is 30.2 Å². The van der Waals surface area contributed by atoms with Gasteiger partial charge in [-0.05, 0) is 55.3 Å². The SMILES string of the molecule is COC(=O)c1ccc(NC(=O)C2CCCN(c3ccc(-n4cccn4)nn3)C2)cc1. The minimum absolute atomic E-state index is 0.0494. The van der Waals surface area contributed by atoms with E-state index in [4.69, 9.17) is 0 Å². The maximum Gasteiger partial charge on any atom is 0.337 e. The summed E-state index contributed by atoms with van der Waals surface area (Å²) in [5, 5.41) is 15.6. The predicted octanol–water partition coefficient (Wildman–Crippen LogP) is 2.30. The molecule has 30 heavy (non-hydrogen) atoms. The molecule has 0 aliphatic carbocycles. The molecule has 1 saturated heterocycles. The molecular weight excluding hydrogens is 384 g/mol. The molecule has 3 heterocycles. The third-order valence-corrected chi connectivity index (χ3v) is 5.07. The molecular formula is C21H22N6O3. The summed E-state index contributed by atoms with van der Waals surface area (Å²) in [4.78, 5) is 26.4. The van der Waals surface area contributed by atoms with E-state index < -0.39 is 5.97 Å². The minimum Gasteiger partial charge on any atom is -0.465 e. The summed E-state index contributed by atoms with van der Waals surface area (Å²) in [6, 6.07) is 12.2. The summed E-state index contributed by atoms with van der Waals surface area (Å²) in [5.41, 5.74) is 1.09. The zero-order valence-electron chi connectivity index (χ0n) is 16.6. The third-order valence-electron chi connectivity index (χ3n) is 5.07. The van der Waals surface area contributed by atoms with Gasteiger partial charge in [0.05, 0.1) is 18.6 Å². The number of hydrogen-bond donors (Lipinski definition) is 1. The van der Waals surface area contributed by atoms with Gasteiger partial charge < -0.3 is 15.0 Å².